The third-order valence-corrected chi connectivity index (χ3v) is 16.1. The van der Waals surface area contributed by atoms with E-state index < -0.39 is 86.8 Å². The van der Waals surface area contributed by atoms with Crippen molar-refractivity contribution in [3.8, 4) is 0 Å². The average molecular weight is 1140 g/mol. The van der Waals surface area contributed by atoms with E-state index >= 15 is 0 Å². The van der Waals surface area contributed by atoms with Crippen molar-refractivity contribution in [1.29, 1.82) is 0 Å². The van der Waals surface area contributed by atoms with Crippen LogP contribution in [0.1, 0.15) is 271 Å². The molecule has 2 rings (SSSR count). The van der Waals surface area contributed by atoms with Crippen LogP contribution in [0.5, 0.6) is 0 Å². The second-order valence-electron chi connectivity index (χ2n) is 23.2. The predicted octanol–water partition coefficient (Wildman–Crippen LogP) is 12.3. The maximum atomic E-state index is 13.3. The monoisotopic (exact) mass is 1140 g/mol. The summed E-state index contributed by atoms with van der Waals surface area (Å²) in [7, 11) is 0. The number of carbonyl (C=O) groups is 1. The van der Waals surface area contributed by atoms with Gasteiger partial charge in [-0.3, -0.25) is 4.79 Å². The van der Waals surface area contributed by atoms with Gasteiger partial charge < -0.3 is 65.1 Å². The van der Waals surface area contributed by atoms with Crippen molar-refractivity contribution < 1.29 is 64.6 Å². The van der Waals surface area contributed by atoms with Gasteiger partial charge in [0.15, 0.2) is 12.6 Å². The molecule has 80 heavy (non-hydrogen) atoms. The van der Waals surface area contributed by atoms with Crippen LogP contribution in [0.15, 0.2) is 48.6 Å². The lowest BCUT2D eigenvalue weighted by Gasteiger charge is -2.46. The zero-order chi connectivity index (χ0) is 58.1. The van der Waals surface area contributed by atoms with E-state index in [1.807, 2.05) is 0 Å². The minimum Gasteiger partial charge on any atom is -0.394 e. The van der Waals surface area contributed by atoms with E-state index in [9.17, 15) is 45.6 Å². The van der Waals surface area contributed by atoms with Gasteiger partial charge in [0.1, 0.15) is 48.8 Å². The number of hydrogen-bond donors (Lipinski definition) is 9. The summed E-state index contributed by atoms with van der Waals surface area (Å²) in [6.07, 6.45) is 48.4. The summed E-state index contributed by atoms with van der Waals surface area (Å²) in [6, 6.07) is -0.844. The van der Waals surface area contributed by atoms with E-state index in [2.05, 4.69) is 67.8 Å². The topological polar surface area (TPSA) is 228 Å². The first-order valence-corrected chi connectivity index (χ1v) is 32.9. The first-order chi connectivity index (χ1) is 39.1. The smallest absolute Gasteiger partial charge is 0.220 e. The predicted molar refractivity (Wildman–Crippen MR) is 323 cm³/mol. The Balaban J connectivity index is 1.68. The molecule has 0 aromatic carbocycles. The summed E-state index contributed by atoms with van der Waals surface area (Å²) < 4.78 is 22.9. The molecule has 0 aromatic heterocycles. The van der Waals surface area contributed by atoms with Crippen molar-refractivity contribution >= 4 is 5.91 Å². The molecule has 12 unspecified atom stereocenters. The number of aliphatic hydroxyl groups is 8. The molecule has 12 atom stereocenters. The molecule has 2 saturated heterocycles. The fraction of sp³-hybridized carbons (Fsp3) is 0.864. The highest BCUT2D eigenvalue weighted by Gasteiger charge is 2.51. The maximum absolute atomic E-state index is 13.3. The van der Waals surface area contributed by atoms with E-state index in [-0.39, 0.29) is 18.9 Å². The van der Waals surface area contributed by atoms with E-state index in [0.717, 1.165) is 77.0 Å². The molecule has 9 N–H and O–H groups in total. The van der Waals surface area contributed by atoms with Gasteiger partial charge in [0.05, 0.1) is 32.0 Å². The van der Waals surface area contributed by atoms with Gasteiger partial charge in [0, 0.05) is 6.42 Å². The number of unbranched alkanes of at least 4 members (excludes halogenated alkanes) is 32. The highest BCUT2D eigenvalue weighted by atomic mass is 16.7. The maximum Gasteiger partial charge on any atom is 0.220 e. The Morgan fingerprint density at radius 3 is 1.32 bits per heavy atom. The van der Waals surface area contributed by atoms with Crippen LogP contribution in [0.2, 0.25) is 0 Å². The highest BCUT2D eigenvalue weighted by Crippen LogP contribution is 2.30. The minimum atomic E-state index is -1.79. The number of nitrogens with one attached hydrogen (secondary N) is 1. The first kappa shape index (κ1) is 74.1. The molecule has 2 aliphatic rings. The van der Waals surface area contributed by atoms with Crippen LogP contribution in [0.25, 0.3) is 0 Å². The second kappa shape index (κ2) is 51.4. The second-order valence-corrected chi connectivity index (χ2v) is 23.2. The highest BCUT2D eigenvalue weighted by molar-refractivity contribution is 5.76. The molecule has 0 spiro atoms. The molecule has 14 nitrogen and oxygen atoms in total. The van der Waals surface area contributed by atoms with Crippen molar-refractivity contribution in [2.75, 3.05) is 19.8 Å². The Hall–Kier alpha value is -2.05. The molecule has 468 valence electrons. The van der Waals surface area contributed by atoms with Crippen molar-refractivity contribution in [2.45, 2.75) is 344 Å². The Labute approximate surface area is 486 Å². The fourth-order valence-corrected chi connectivity index (χ4v) is 10.8. The van der Waals surface area contributed by atoms with Crippen LogP contribution < -0.4 is 5.32 Å². The number of amides is 1. The summed E-state index contributed by atoms with van der Waals surface area (Å²) in [6.45, 7) is 2.75. The Morgan fingerprint density at radius 2 is 0.863 bits per heavy atom. The largest absolute Gasteiger partial charge is 0.394 e. The lowest BCUT2D eigenvalue weighted by molar-refractivity contribution is -0.359. The normalized spacial score (nSPS) is 24.5. The molecular weight excluding hydrogens is 1010 g/mol. The summed E-state index contributed by atoms with van der Waals surface area (Å²) in [4.78, 5) is 13.3. The first-order valence-electron chi connectivity index (χ1n) is 32.9. The molecule has 14 heteroatoms. The van der Waals surface area contributed by atoms with Gasteiger partial charge >= 0.3 is 0 Å². The number of hydrogen-bond acceptors (Lipinski definition) is 13. The molecule has 0 radical (unpaired) electrons. The molecule has 1 amide bonds. The van der Waals surface area contributed by atoms with Gasteiger partial charge in [-0.1, -0.05) is 262 Å². The van der Waals surface area contributed by atoms with Crippen LogP contribution in [-0.2, 0) is 23.7 Å². The summed E-state index contributed by atoms with van der Waals surface area (Å²) in [5, 5.41) is 87.4. The molecule has 2 fully saturated rings. The molecule has 2 heterocycles. The summed E-state index contributed by atoms with van der Waals surface area (Å²) in [5.74, 6) is -0.228. The Kier molecular flexibility index (Phi) is 47.6. The van der Waals surface area contributed by atoms with Gasteiger partial charge in [-0.2, -0.15) is 0 Å². The van der Waals surface area contributed by atoms with Crippen molar-refractivity contribution in [3.05, 3.63) is 48.6 Å². The van der Waals surface area contributed by atoms with Crippen LogP contribution in [-0.4, -0.2) is 140 Å². The van der Waals surface area contributed by atoms with Crippen LogP contribution in [0, 0.1) is 0 Å². The number of allylic oxidation sites excluding steroid dienone is 8. The third kappa shape index (κ3) is 35.9. The Bertz CT molecular complexity index is 1530. The van der Waals surface area contributed by atoms with Crippen LogP contribution in [0.4, 0.5) is 0 Å². The van der Waals surface area contributed by atoms with Crippen molar-refractivity contribution in [2.24, 2.45) is 0 Å². The van der Waals surface area contributed by atoms with Gasteiger partial charge in [0.2, 0.25) is 5.91 Å². The van der Waals surface area contributed by atoms with Gasteiger partial charge in [0.25, 0.3) is 0 Å². The van der Waals surface area contributed by atoms with Crippen molar-refractivity contribution in [3.63, 3.8) is 0 Å². The van der Waals surface area contributed by atoms with Gasteiger partial charge in [-0.25, -0.2) is 0 Å². The molecule has 0 aliphatic carbocycles. The quantitative estimate of drug-likeness (QED) is 0.0204. The van der Waals surface area contributed by atoms with Crippen LogP contribution in [0.3, 0.4) is 0 Å². The number of ether oxygens (including phenoxy) is 4. The number of carbonyl (C=O) groups excluding carboxylic acids is 1. The Morgan fingerprint density at radius 1 is 0.463 bits per heavy atom. The minimum absolute atomic E-state index is 0.228. The van der Waals surface area contributed by atoms with Crippen LogP contribution >= 0.6 is 0 Å². The lowest BCUT2D eigenvalue weighted by atomic mass is 9.97. The van der Waals surface area contributed by atoms with Crippen molar-refractivity contribution in [1.82, 2.24) is 5.32 Å². The zero-order valence-electron chi connectivity index (χ0n) is 50.6. The number of rotatable bonds is 53. The van der Waals surface area contributed by atoms with E-state index in [4.69, 9.17) is 18.9 Å². The number of aliphatic hydroxyl groups excluding tert-OH is 8. The average Bonchev–Trinajstić information content (AvgIpc) is 3.49. The standard InChI is InChI=1S/C66H121NO13/c1-3-5-7-9-11-13-15-17-19-21-22-23-24-25-26-27-28-29-30-31-32-34-35-37-39-41-43-45-47-49-55(70)54(67-58(71)50-48-46-44-42-40-38-36-33-20-18-16-14-12-10-8-6-4-2)53-77-65-63(76)61(74)64(57(52-69)79-65)80-66-62(75)60(73)59(72)56(51-68)78-66/h6,8,12,14,18,20,36,38,54-57,59-66,68-70,72-76H,3-5,7,9-11,13,15-17,19,21-35,37,39-53H2,1-2H3,(H,67,71)/b8-6-,14-12-,20-18-,38-36-. The molecule has 0 aromatic rings. The van der Waals surface area contributed by atoms with E-state index in [1.54, 1.807) is 0 Å². The molecule has 0 bridgehead atoms. The summed E-state index contributed by atoms with van der Waals surface area (Å²) in [5.41, 5.74) is 0. The fourth-order valence-electron chi connectivity index (χ4n) is 10.8. The SMILES string of the molecule is CC/C=C\C/C=C\C/C=C\C/C=C\CCCCCCC(=O)NC(COC1OC(CO)C(OC2OC(CO)C(O)C(O)C2O)C(O)C1O)C(O)CCCCCCCCCCCCCCCCCCCCCCCCCCCCCCC. The zero-order valence-corrected chi connectivity index (χ0v) is 50.6. The van der Waals surface area contributed by atoms with Gasteiger partial charge in [-0.15, -0.1) is 0 Å². The molecular formula is C66H121NO13. The van der Waals surface area contributed by atoms with E-state index in [0.29, 0.717) is 12.8 Å². The molecule has 2 aliphatic heterocycles. The lowest BCUT2D eigenvalue weighted by Crippen LogP contribution is -2.65. The molecule has 0 saturated carbocycles. The van der Waals surface area contributed by atoms with Gasteiger partial charge in [-0.05, 0) is 51.4 Å². The summed E-state index contributed by atoms with van der Waals surface area (Å²) >= 11 is 0. The third-order valence-electron chi connectivity index (χ3n) is 16.1. The van der Waals surface area contributed by atoms with E-state index in [1.165, 1.54) is 161 Å².